The molecule has 3 heterocycles. The molecule has 0 radical (unpaired) electrons. The number of hydrogen-bond acceptors (Lipinski definition) is 5. The Morgan fingerprint density at radius 2 is 2.00 bits per heavy atom. The van der Waals surface area contributed by atoms with E-state index in [4.69, 9.17) is 4.74 Å². The Labute approximate surface area is 170 Å². The van der Waals surface area contributed by atoms with E-state index < -0.39 is 11.7 Å². The van der Waals surface area contributed by atoms with E-state index in [0.717, 1.165) is 29.7 Å². The molecule has 1 aromatic rings. The molecule has 1 saturated carbocycles. The SMILES string of the molecule is C[C@@H](O)C(=O)N1CCC2(CC1)OCCc1sc(C(=O)NC3CCCCC3)cc12. The number of carbonyl (C=O) groups is 2. The zero-order chi connectivity index (χ0) is 19.7. The number of fused-ring (bicyclic) bond motifs is 2. The predicted octanol–water partition coefficient (Wildman–Crippen LogP) is 2.58. The number of nitrogens with one attached hydrogen (secondary N) is 1. The van der Waals surface area contributed by atoms with Gasteiger partial charge in [0, 0.05) is 30.4 Å². The Bertz CT molecular complexity index is 731. The van der Waals surface area contributed by atoms with Gasteiger partial charge in [-0.2, -0.15) is 0 Å². The van der Waals surface area contributed by atoms with Crippen LogP contribution in [0.15, 0.2) is 6.07 Å². The number of carbonyl (C=O) groups excluding carboxylic acids is 2. The van der Waals surface area contributed by atoms with Gasteiger partial charge in [0.25, 0.3) is 11.8 Å². The molecule has 2 fully saturated rings. The van der Waals surface area contributed by atoms with E-state index in [1.807, 2.05) is 6.07 Å². The number of aliphatic hydroxyl groups is 1. The highest BCUT2D eigenvalue weighted by Gasteiger charge is 2.43. The number of hydrogen-bond donors (Lipinski definition) is 2. The predicted molar refractivity (Wildman–Crippen MR) is 107 cm³/mol. The van der Waals surface area contributed by atoms with E-state index in [1.54, 1.807) is 16.2 Å². The van der Waals surface area contributed by atoms with Crippen LogP contribution in [0.5, 0.6) is 0 Å². The van der Waals surface area contributed by atoms with Crippen molar-refractivity contribution in [2.75, 3.05) is 19.7 Å². The number of likely N-dealkylation sites (tertiary alicyclic amines) is 1. The fourth-order valence-electron chi connectivity index (χ4n) is 4.80. The van der Waals surface area contributed by atoms with Gasteiger partial charge in [-0.05, 0) is 44.2 Å². The molecule has 2 N–H and O–H groups in total. The third-order valence-corrected chi connectivity index (χ3v) is 7.61. The van der Waals surface area contributed by atoms with Crippen molar-refractivity contribution in [1.29, 1.82) is 0 Å². The molecule has 4 rings (SSSR count). The van der Waals surface area contributed by atoms with E-state index in [-0.39, 0.29) is 11.8 Å². The van der Waals surface area contributed by atoms with Gasteiger partial charge in [0.2, 0.25) is 0 Å². The van der Waals surface area contributed by atoms with Gasteiger partial charge in [-0.3, -0.25) is 9.59 Å². The summed E-state index contributed by atoms with van der Waals surface area (Å²) in [6.45, 7) is 3.31. The van der Waals surface area contributed by atoms with Gasteiger partial charge < -0.3 is 20.1 Å². The molecule has 2 aliphatic heterocycles. The molecule has 6 nitrogen and oxygen atoms in total. The third-order valence-electron chi connectivity index (χ3n) is 6.41. The molecule has 1 aromatic heterocycles. The molecule has 1 aliphatic carbocycles. The topological polar surface area (TPSA) is 78.9 Å². The number of nitrogens with zero attached hydrogens (tertiary/aromatic N) is 1. The average Bonchev–Trinajstić information content (AvgIpc) is 3.15. The summed E-state index contributed by atoms with van der Waals surface area (Å²) in [5.74, 6) is -0.174. The lowest BCUT2D eigenvalue weighted by Crippen LogP contribution is -2.50. The lowest BCUT2D eigenvalue weighted by molar-refractivity contribution is -0.148. The number of rotatable bonds is 3. The van der Waals surface area contributed by atoms with Crippen molar-refractivity contribution in [1.82, 2.24) is 10.2 Å². The molecule has 2 amide bonds. The van der Waals surface area contributed by atoms with Gasteiger partial charge in [0.15, 0.2) is 0 Å². The van der Waals surface area contributed by atoms with Gasteiger partial charge >= 0.3 is 0 Å². The Morgan fingerprint density at radius 1 is 1.29 bits per heavy atom. The Kier molecular flexibility index (Phi) is 5.76. The fraction of sp³-hybridized carbons (Fsp3) is 0.714. The lowest BCUT2D eigenvalue weighted by Gasteiger charge is -2.44. The van der Waals surface area contributed by atoms with E-state index in [9.17, 15) is 14.7 Å². The first-order valence-electron chi connectivity index (χ1n) is 10.5. The van der Waals surface area contributed by atoms with Crippen molar-refractivity contribution in [3.05, 3.63) is 21.4 Å². The lowest BCUT2D eigenvalue weighted by atomic mass is 9.82. The van der Waals surface area contributed by atoms with Crippen LogP contribution in [-0.4, -0.2) is 53.7 Å². The van der Waals surface area contributed by atoms with Crippen LogP contribution in [0.25, 0.3) is 0 Å². The van der Waals surface area contributed by atoms with Crippen LogP contribution in [0.2, 0.25) is 0 Å². The summed E-state index contributed by atoms with van der Waals surface area (Å²) in [6, 6.07) is 2.34. The first-order valence-corrected chi connectivity index (χ1v) is 11.3. The molecule has 0 unspecified atom stereocenters. The van der Waals surface area contributed by atoms with E-state index in [1.165, 1.54) is 31.1 Å². The molecule has 28 heavy (non-hydrogen) atoms. The average molecular weight is 407 g/mol. The van der Waals surface area contributed by atoms with Crippen LogP contribution in [0.1, 0.15) is 72.0 Å². The van der Waals surface area contributed by atoms with Crippen molar-refractivity contribution >= 4 is 23.2 Å². The largest absolute Gasteiger partial charge is 0.384 e. The number of aliphatic hydroxyl groups excluding tert-OH is 1. The highest BCUT2D eigenvalue weighted by molar-refractivity contribution is 7.14. The minimum atomic E-state index is -0.965. The summed E-state index contributed by atoms with van der Waals surface area (Å²) < 4.78 is 6.24. The van der Waals surface area contributed by atoms with Crippen LogP contribution in [0, 0.1) is 0 Å². The normalized spacial score (nSPS) is 23.3. The molecular formula is C21H30N2O4S. The maximum atomic E-state index is 12.8. The maximum Gasteiger partial charge on any atom is 0.261 e. The van der Waals surface area contributed by atoms with Crippen LogP contribution in [0.3, 0.4) is 0 Å². The molecule has 0 bridgehead atoms. The Balaban J connectivity index is 1.48. The van der Waals surface area contributed by atoms with Crippen molar-refractivity contribution in [3.8, 4) is 0 Å². The van der Waals surface area contributed by atoms with Gasteiger partial charge in [0.1, 0.15) is 6.10 Å². The van der Waals surface area contributed by atoms with Crippen molar-refractivity contribution in [3.63, 3.8) is 0 Å². The van der Waals surface area contributed by atoms with Crippen LogP contribution in [-0.2, 0) is 21.6 Å². The third kappa shape index (κ3) is 3.84. The maximum absolute atomic E-state index is 12.8. The van der Waals surface area contributed by atoms with Crippen LogP contribution < -0.4 is 5.32 Å². The van der Waals surface area contributed by atoms with Crippen LogP contribution >= 0.6 is 11.3 Å². The minimum Gasteiger partial charge on any atom is -0.384 e. The van der Waals surface area contributed by atoms with E-state index in [2.05, 4.69) is 5.32 Å². The number of piperidine rings is 1. The second-order valence-corrected chi connectivity index (χ2v) is 9.49. The molecule has 1 atom stereocenters. The standard InChI is InChI=1S/C21H30N2O4S/c1-14(24)20(26)23-10-8-21(9-11-23)16-13-18(28-17(16)7-12-27-21)19(25)22-15-5-3-2-4-6-15/h13-15,24H,2-12H2,1H3,(H,22,25)/t14-/m1/s1. The number of thiophene rings is 1. The monoisotopic (exact) mass is 406 g/mol. The summed E-state index contributed by atoms with van der Waals surface area (Å²) >= 11 is 1.60. The molecule has 3 aliphatic rings. The van der Waals surface area contributed by atoms with Gasteiger partial charge in [-0.25, -0.2) is 0 Å². The first kappa shape index (κ1) is 19.9. The van der Waals surface area contributed by atoms with Gasteiger partial charge in [-0.1, -0.05) is 19.3 Å². The van der Waals surface area contributed by atoms with Gasteiger partial charge in [0.05, 0.1) is 17.1 Å². The fourth-order valence-corrected chi connectivity index (χ4v) is 5.93. The smallest absolute Gasteiger partial charge is 0.261 e. The summed E-state index contributed by atoms with van der Waals surface area (Å²) in [4.78, 5) is 28.6. The van der Waals surface area contributed by atoms with Crippen molar-refractivity contribution < 1.29 is 19.4 Å². The zero-order valence-corrected chi connectivity index (χ0v) is 17.4. The minimum absolute atomic E-state index is 0.0446. The van der Waals surface area contributed by atoms with Crippen molar-refractivity contribution in [2.45, 2.75) is 76.0 Å². The highest BCUT2D eigenvalue weighted by atomic mass is 32.1. The summed E-state index contributed by atoms with van der Waals surface area (Å²) in [5, 5.41) is 12.8. The molecule has 154 valence electrons. The molecule has 1 spiro atoms. The second kappa shape index (κ2) is 8.13. The Hall–Kier alpha value is -1.44. The Morgan fingerprint density at radius 3 is 2.68 bits per heavy atom. The van der Waals surface area contributed by atoms with Gasteiger partial charge in [-0.15, -0.1) is 11.3 Å². The van der Waals surface area contributed by atoms with E-state index >= 15 is 0 Å². The van der Waals surface area contributed by atoms with Crippen LogP contribution in [0.4, 0.5) is 0 Å². The number of amides is 2. The summed E-state index contributed by atoms with van der Waals surface area (Å²) in [5.41, 5.74) is 0.741. The first-order chi connectivity index (χ1) is 13.5. The molecular weight excluding hydrogens is 376 g/mol. The second-order valence-electron chi connectivity index (χ2n) is 8.35. The zero-order valence-electron chi connectivity index (χ0n) is 16.5. The molecule has 7 heteroatoms. The molecule has 1 saturated heterocycles. The quantitative estimate of drug-likeness (QED) is 0.809. The number of ether oxygens (including phenoxy) is 1. The summed E-state index contributed by atoms with van der Waals surface area (Å²) in [7, 11) is 0. The molecule has 0 aromatic carbocycles. The highest BCUT2D eigenvalue weighted by Crippen LogP contribution is 2.44. The summed E-state index contributed by atoms with van der Waals surface area (Å²) in [6.07, 6.45) is 7.12. The van der Waals surface area contributed by atoms with E-state index in [0.29, 0.717) is 38.6 Å². The van der Waals surface area contributed by atoms with Crippen molar-refractivity contribution in [2.24, 2.45) is 0 Å².